The van der Waals surface area contributed by atoms with E-state index in [0.717, 1.165) is 44.6 Å². The van der Waals surface area contributed by atoms with Crippen LogP contribution in [0.5, 0.6) is 5.75 Å². The minimum Gasteiger partial charge on any atom is -0.505 e. The third-order valence-corrected chi connectivity index (χ3v) is 3.71. The number of aromatic hydroxyl groups is 1. The Morgan fingerprint density at radius 2 is 1.95 bits per heavy atom. The van der Waals surface area contributed by atoms with Crippen LogP contribution in [-0.2, 0) is 0 Å². The van der Waals surface area contributed by atoms with Crippen molar-refractivity contribution in [1.82, 2.24) is 10.2 Å². The quantitative estimate of drug-likeness (QED) is 0.583. The fourth-order valence-electron chi connectivity index (χ4n) is 2.67. The number of halogens is 3. The number of nitrogens with two attached hydrogens (primary N) is 1. The largest absolute Gasteiger partial charge is 0.505 e. The summed E-state index contributed by atoms with van der Waals surface area (Å²) in [6, 6.07) is 3.11. The topological polar surface area (TPSA) is 61.5 Å². The Labute approximate surface area is 137 Å². The highest BCUT2D eigenvalue weighted by atomic mass is 35.5. The van der Waals surface area contributed by atoms with E-state index >= 15 is 0 Å². The number of nitrogens with one attached hydrogen (secondary N) is 1. The van der Waals surface area contributed by atoms with Gasteiger partial charge in [0, 0.05) is 37.8 Å². The summed E-state index contributed by atoms with van der Waals surface area (Å²) in [4.78, 5) is 2.33. The van der Waals surface area contributed by atoms with E-state index in [2.05, 4.69) is 17.1 Å². The van der Waals surface area contributed by atoms with Crippen molar-refractivity contribution < 1.29 is 9.50 Å². The van der Waals surface area contributed by atoms with Crippen molar-refractivity contribution in [2.24, 2.45) is 0 Å². The maximum absolute atomic E-state index is 13.3. The van der Waals surface area contributed by atoms with Crippen LogP contribution in [0.1, 0.15) is 31.4 Å². The van der Waals surface area contributed by atoms with Crippen molar-refractivity contribution in [3.8, 4) is 5.75 Å². The second-order valence-corrected chi connectivity index (χ2v) is 4.99. The lowest BCUT2D eigenvalue weighted by atomic mass is 9.98. The number of hydrogen-bond acceptors (Lipinski definition) is 4. The molecule has 1 atom stereocenters. The van der Waals surface area contributed by atoms with Crippen LogP contribution in [0.25, 0.3) is 0 Å². The molecule has 1 aromatic carbocycles. The van der Waals surface area contributed by atoms with Crippen molar-refractivity contribution in [2.45, 2.75) is 25.8 Å². The van der Waals surface area contributed by atoms with Crippen LogP contribution in [0, 0.1) is 5.82 Å². The third-order valence-electron chi connectivity index (χ3n) is 3.71. The Kier molecular flexibility index (Phi) is 8.97. The molecule has 0 bridgehead atoms. The maximum Gasteiger partial charge on any atom is 0.149 e. The SMILES string of the molecule is CCC[C@@H](c1ccc(F)c(N)c1O)N1CCNCC1.Cl.Cl. The number of benzene rings is 1. The van der Waals surface area contributed by atoms with Crippen LogP contribution in [-0.4, -0.2) is 36.2 Å². The van der Waals surface area contributed by atoms with Gasteiger partial charge in [-0.05, 0) is 12.5 Å². The molecule has 1 aliphatic rings. The summed E-state index contributed by atoms with van der Waals surface area (Å²) in [7, 11) is 0. The summed E-state index contributed by atoms with van der Waals surface area (Å²) in [5.41, 5.74) is 6.18. The van der Waals surface area contributed by atoms with Crippen LogP contribution in [0.2, 0.25) is 0 Å². The van der Waals surface area contributed by atoms with E-state index in [4.69, 9.17) is 5.73 Å². The number of nitrogens with zero attached hydrogens (tertiary/aromatic N) is 1. The summed E-state index contributed by atoms with van der Waals surface area (Å²) >= 11 is 0. The van der Waals surface area contributed by atoms with E-state index in [0.29, 0.717) is 0 Å². The number of nitrogen functional groups attached to an aromatic ring is 1. The minimum atomic E-state index is -0.559. The van der Waals surface area contributed by atoms with Gasteiger partial charge in [-0.15, -0.1) is 24.8 Å². The number of hydrogen-bond donors (Lipinski definition) is 3. The zero-order valence-electron chi connectivity index (χ0n) is 12.1. The van der Waals surface area contributed by atoms with Crippen molar-refractivity contribution >= 4 is 30.5 Å². The van der Waals surface area contributed by atoms with E-state index in [1.54, 1.807) is 6.07 Å². The predicted octanol–water partition coefficient (Wildman–Crippen LogP) is 2.70. The smallest absolute Gasteiger partial charge is 0.149 e. The molecule has 4 N–H and O–H groups in total. The van der Waals surface area contributed by atoms with Gasteiger partial charge in [-0.2, -0.15) is 0 Å². The van der Waals surface area contributed by atoms with Gasteiger partial charge in [0.05, 0.1) is 0 Å². The standard InChI is InChI=1S/C14H22FN3O.2ClH/c1-2-3-12(18-8-6-17-7-9-18)10-4-5-11(15)13(16)14(10)19;;/h4-5,12,17,19H,2-3,6-9,16H2,1H3;2*1H/t12-;;/m0../s1. The molecule has 0 saturated carbocycles. The normalized spacial score (nSPS) is 16.7. The average Bonchev–Trinajstić information content (AvgIpc) is 2.44. The molecule has 7 heteroatoms. The van der Waals surface area contributed by atoms with Gasteiger partial charge in [0.25, 0.3) is 0 Å². The summed E-state index contributed by atoms with van der Waals surface area (Å²) < 4.78 is 13.3. The summed E-state index contributed by atoms with van der Waals surface area (Å²) in [6.45, 7) is 5.86. The molecule has 0 aromatic heterocycles. The Hall–Kier alpha value is -0.750. The summed E-state index contributed by atoms with van der Waals surface area (Å²) in [6.07, 6.45) is 1.93. The highest BCUT2D eigenvalue weighted by molar-refractivity contribution is 5.85. The zero-order chi connectivity index (χ0) is 13.8. The van der Waals surface area contributed by atoms with Crippen molar-refractivity contribution in [3.05, 3.63) is 23.5 Å². The van der Waals surface area contributed by atoms with Crippen LogP contribution in [0.15, 0.2) is 12.1 Å². The van der Waals surface area contributed by atoms with Gasteiger partial charge in [0.1, 0.15) is 17.3 Å². The lowest BCUT2D eigenvalue weighted by Gasteiger charge is -2.35. The number of piperazine rings is 1. The lowest BCUT2D eigenvalue weighted by molar-refractivity contribution is 0.162. The highest BCUT2D eigenvalue weighted by Crippen LogP contribution is 2.36. The molecule has 1 aliphatic heterocycles. The van der Waals surface area contributed by atoms with E-state index in [1.807, 2.05) is 0 Å². The molecule has 0 spiro atoms. The molecular formula is C14H24Cl2FN3O. The Balaban J connectivity index is 0.00000200. The van der Waals surface area contributed by atoms with Crippen LogP contribution < -0.4 is 11.1 Å². The van der Waals surface area contributed by atoms with Gasteiger partial charge < -0.3 is 16.2 Å². The molecule has 1 saturated heterocycles. The van der Waals surface area contributed by atoms with E-state index in [-0.39, 0.29) is 42.3 Å². The molecule has 0 unspecified atom stereocenters. The second-order valence-electron chi connectivity index (χ2n) is 4.99. The first-order chi connectivity index (χ1) is 9.15. The molecule has 21 heavy (non-hydrogen) atoms. The molecule has 1 fully saturated rings. The molecule has 122 valence electrons. The molecule has 1 aromatic rings. The lowest BCUT2D eigenvalue weighted by Crippen LogP contribution is -2.45. The Morgan fingerprint density at radius 1 is 1.33 bits per heavy atom. The minimum absolute atomic E-state index is 0. The fourth-order valence-corrected chi connectivity index (χ4v) is 2.67. The first kappa shape index (κ1) is 20.2. The molecule has 0 amide bonds. The van der Waals surface area contributed by atoms with Gasteiger partial charge in [0.2, 0.25) is 0 Å². The van der Waals surface area contributed by atoms with Gasteiger partial charge in [0.15, 0.2) is 0 Å². The first-order valence-electron chi connectivity index (χ1n) is 6.86. The Bertz CT molecular complexity index is 442. The average molecular weight is 340 g/mol. The maximum atomic E-state index is 13.3. The summed E-state index contributed by atoms with van der Waals surface area (Å²) in [5, 5.41) is 13.4. The second kappa shape index (κ2) is 9.30. The number of phenols is 1. The van der Waals surface area contributed by atoms with Gasteiger partial charge >= 0.3 is 0 Å². The predicted molar refractivity (Wildman–Crippen MR) is 89.1 cm³/mol. The first-order valence-corrected chi connectivity index (χ1v) is 6.86. The fraction of sp³-hybridized carbons (Fsp3) is 0.571. The van der Waals surface area contributed by atoms with E-state index < -0.39 is 5.82 Å². The molecule has 0 aliphatic carbocycles. The number of rotatable bonds is 4. The third kappa shape index (κ3) is 4.61. The molecule has 4 nitrogen and oxygen atoms in total. The zero-order valence-corrected chi connectivity index (χ0v) is 13.8. The number of phenolic OH excluding ortho intramolecular Hbond substituents is 1. The van der Waals surface area contributed by atoms with Crippen LogP contribution in [0.3, 0.4) is 0 Å². The van der Waals surface area contributed by atoms with Crippen LogP contribution >= 0.6 is 24.8 Å². The van der Waals surface area contributed by atoms with Crippen molar-refractivity contribution in [3.63, 3.8) is 0 Å². The summed E-state index contributed by atoms with van der Waals surface area (Å²) in [5.74, 6) is -0.659. The number of anilines is 1. The molecule has 1 heterocycles. The van der Waals surface area contributed by atoms with Gasteiger partial charge in [-0.1, -0.05) is 19.4 Å². The monoisotopic (exact) mass is 339 g/mol. The van der Waals surface area contributed by atoms with E-state index in [9.17, 15) is 9.50 Å². The van der Waals surface area contributed by atoms with Crippen LogP contribution in [0.4, 0.5) is 10.1 Å². The highest BCUT2D eigenvalue weighted by Gasteiger charge is 2.25. The van der Waals surface area contributed by atoms with Crippen molar-refractivity contribution in [1.29, 1.82) is 0 Å². The van der Waals surface area contributed by atoms with Gasteiger partial charge in [-0.25, -0.2) is 4.39 Å². The molecule has 0 radical (unpaired) electrons. The molecule has 2 rings (SSSR count). The molecular weight excluding hydrogens is 316 g/mol. The van der Waals surface area contributed by atoms with E-state index in [1.165, 1.54) is 6.07 Å². The Morgan fingerprint density at radius 3 is 2.52 bits per heavy atom. The van der Waals surface area contributed by atoms with Crippen molar-refractivity contribution in [2.75, 3.05) is 31.9 Å². The van der Waals surface area contributed by atoms with Gasteiger partial charge in [-0.3, -0.25) is 4.90 Å².